The first-order valence-electron chi connectivity index (χ1n) is 15.6. The normalized spacial score (nSPS) is 12.0. The van der Waals surface area contributed by atoms with E-state index in [9.17, 15) is 0 Å². The molecule has 1 aromatic heterocycles. The van der Waals surface area contributed by atoms with Crippen LogP contribution in [0.25, 0.3) is 97.9 Å². The molecule has 0 aliphatic carbocycles. The fraction of sp³-hybridized carbons (Fsp3) is 0. The number of aromatic nitrogens is 1. The lowest BCUT2D eigenvalue weighted by Gasteiger charge is -2.13. The van der Waals surface area contributed by atoms with Gasteiger partial charge in [-0.15, -0.1) is 0 Å². The van der Waals surface area contributed by atoms with Crippen LogP contribution in [-0.2, 0) is 0 Å². The Morgan fingerprint density at radius 3 is 1.24 bits per heavy atom. The first kappa shape index (κ1) is 24.5. The van der Waals surface area contributed by atoms with Gasteiger partial charge >= 0.3 is 0 Å². The summed E-state index contributed by atoms with van der Waals surface area (Å²) < 4.78 is 0. The van der Waals surface area contributed by atoms with E-state index in [2.05, 4.69) is 163 Å². The van der Waals surface area contributed by atoms with E-state index in [1.54, 1.807) is 0 Å². The molecule has 0 fully saturated rings. The molecule has 9 aromatic carbocycles. The molecule has 1 N–H and O–H groups in total. The number of nitrogens with one attached hydrogen (secondary N) is 1. The van der Waals surface area contributed by atoms with Crippen molar-refractivity contribution in [1.82, 2.24) is 4.98 Å². The minimum atomic E-state index is 1.18. The van der Waals surface area contributed by atoms with Gasteiger partial charge in [-0.05, 0) is 106 Å². The Kier molecular flexibility index (Phi) is 5.06. The van der Waals surface area contributed by atoms with Crippen molar-refractivity contribution >= 4 is 75.7 Å². The monoisotopic (exact) mass is 569 g/mol. The third-order valence-corrected chi connectivity index (χ3v) is 9.75. The molecule has 0 unspecified atom stereocenters. The zero-order valence-corrected chi connectivity index (χ0v) is 24.5. The highest BCUT2D eigenvalue weighted by Gasteiger charge is 2.11. The van der Waals surface area contributed by atoms with Crippen LogP contribution in [0, 0.1) is 0 Å². The predicted octanol–water partition coefficient (Wildman–Crippen LogP) is 12.4. The molecule has 10 rings (SSSR count). The van der Waals surface area contributed by atoms with E-state index in [4.69, 9.17) is 0 Å². The lowest BCUT2D eigenvalue weighted by molar-refractivity contribution is 1.54. The summed E-state index contributed by atoms with van der Waals surface area (Å²) in [5, 5.41) is 15.5. The summed E-state index contributed by atoms with van der Waals surface area (Å²) in [7, 11) is 0. The van der Waals surface area contributed by atoms with Crippen molar-refractivity contribution < 1.29 is 0 Å². The summed E-state index contributed by atoms with van der Waals surface area (Å²) >= 11 is 0. The molecule has 0 saturated heterocycles. The Hall–Kier alpha value is -5.92. The first-order valence-corrected chi connectivity index (χ1v) is 15.6. The van der Waals surface area contributed by atoms with Gasteiger partial charge in [0.1, 0.15) is 0 Å². The lowest BCUT2D eigenvalue weighted by Crippen LogP contribution is -1.86. The number of benzene rings is 9. The van der Waals surface area contributed by atoms with Crippen LogP contribution in [-0.4, -0.2) is 4.98 Å². The second-order valence-corrected chi connectivity index (χ2v) is 12.2. The molecule has 1 heteroatoms. The maximum atomic E-state index is 3.59. The maximum Gasteiger partial charge on any atom is 0.0471 e. The highest BCUT2D eigenvalue weighted by molar-refractivity contribution is 6.25. The van der Waals surface area contributed by atoms with Gasteiger partial charge in [-0.25, -0.2) is 0 Å². The standard InChI is InChI=1S/C44H27N/c1-2-9-37-35(7-1)36-8-3-4-10-38(36)42-25-29(17-21-39(37)42)27-15-19-33-31(23-27)13-14-32-24-28(16-20-34(32)33)30-18-22-41-40-11-5-6-12-43(40)45-44(41)26-30/h1-26,45H. The summed E-state index contributed by atoms with van der Waals surface area (Å²) in [5.74, 6) is 0. The predicted molar refractivity (Wildman–Crippen MR) is 194 cm³/mol. The third-order valence-electron chi connectivity index (χ3n) is 9.75. The molecule has 0 atom stereocenters. The summed E-state index contributed by atoms with van der Waals surface area (Å²) in [6.45, 7) is 0. The summed E-state index contributed by atoms with van der Waals surface area (Å²) in [6.07, 6.45) is 0. The molecule has 0 radical (unpaired) electrons. The minimum Gasteiger partial charge on any atom is -0.354 e. The molecular weight excluding hydrogens is 542 g/mol. The van der Waals surface area contributed by atoms with Gasteiger partial charge in [-0.3, -0.25) is 0 Å². The van der Waals surface area contributed by atoms with Crippen molar-refractivity contribution in [3.8, 4) is 22.3 Å². The highest BCUT2D eigenvalue weighted by Crippen LogP contribution is 2.38. The van der Waals surface area contributed by atoms with Crippen LogP contribution in [0.5, 0.6) is 0 Å². The van der Waals surface area contributed by atoms with Crippen LogP contribution >= 0.6 is 0 Å². The molecule has 0 bridgehead atoms. The number of hydrogen-bond donors (Lipinski definition) is 1. The van der Waals surface area contributed by atoms with Gasteiger partial charge in [-0.2, -0.15) is 0 Å². The molecule has 45 heavy (non-hydrogen) atoms. The average Bonchev–Trinajstić information content (AvgIpc) is 3.49. The van der Waals surface area contributed by atoms with Crippen molar-refractivity contribution in [2.45, 2.75) is 0 Å². The number of aromatic amines is 1. The molecule has 1 nitrogen and oxygen atoms in total. The maximum absolute atomic E-state index is 3.59. The second-order valence-electron chi connectivity index (χ2n) is 12.2. The quantitative estimate of drug-likeness (QED) is 0.199. The fourth-order valence-corrected chi connectivity index (χ4v) is 7.55. The van der Waals surface area contributed by atoms with Gasteiger partial charge in [0.2, 0.25) is 0 Å². The zero-order valence-electron chi connectivity index (χ0n) is 24.5. The Bertz CT molecular complexity index is 2780. The smallest absolute Gasteiger partial charge is 0.0471 e. The van der Waals surface area contributed by atoms with Gasteiger partial charge in [0.15, 0.2) is 0 Å². The molecule has 0 spiro atoms. The Labute approximate surface area is 260 Å². The van der Waals surface area contributed by atoms with Gasteiger partial charge in [0.25, 0.3) is 0 Å². The molecule has 1 heterocycles. The van der Waals surface area contributed by atoms with Crippen LogP contribution < -0.4 is 0 Å². The number of H-pyrrole nitrogens is 1. The van der Waals surface area contributed by atoms with Crippen LogP contribution in [0.3, 0.4) is 0 Å². The SMILES string of the molecule is c1ccc2c(c1)[nH]c1cc(-c3ccc4c(ccc5cc(-c6ccc7c8ccccc8c8ccccc8c7c6)ccc54)c3)ccc12. The molecule has 0 amide bonds. The van der Waals surface area contributed by atoms with Crippen LogP contribution in [0.4, 0.5) is 0 Å². The largest absolute Gasteiger partial charge is 0.354 e. The van der Waals surface area contributed by atoms with Crippen molar-refractivity contribution in [2.75, 3.05) is 0 Å². The Morgan fingerprint density at radius 2 is 0.644 bits per heavy atom. The van der Waals surface area contributed by atoms with Crippen molar-refractivity contribution in [3.05, 3.63) is 158 Å². The summed E-state index contributed by atoms with van der Waals surface area (Å²) in [5.41, 5.74) is 7.30. The van der Waals surface area contributed by atoms with E-state index >= 15 is 0 Å². The van der Waals surface area contributed by atoms with E-state index in [1.807, 2.05) is 0 Å². The van der Waals surface area contributed by atoms with Crippen molar-refractivity contribution in [2.24, 2.45) is 0 Å². The lowest BCUT2D eigenvalue weighted by atomic mass is 9.91. The topological polar surface area (TPSA) is 15.8 Å². The number of hydrogen-bond acceptors (Lipinski definition) is 0. The summed E-state index contributed by atoms with van der Waals surface area (Å²) in [4.78, 5) is 3.59. The minimum absolute atomic E-state index is 1.18. The Morgan fingerprint density at radius 1 is 0.244 bits per heavy atom. The van der Waals surface area contributed by atoms with Gasteiger partial charge in [-0.1, -0.05) is 127 Å². The second kappa shape index (κ2) is 9.29. The van der Waals surface area contributed by atoms with E-state index in [0.29, 0.717) is 0 Å². The molecule has 10 aromatic rings. The number of rotatable bonds is 2. The van der Waals surface area contributed by atoms with E-state index in [1.165, 1.54) is 97.9 Å². The van der Waals surface area contributed by atoms with E-state index in [-0.39, 0.29) is 0 Å². The zero-order chi connectivity index (χ0) is 29.5. The fourth-order valence-electron chi connectivity index (χ4n) is 7.55. The molecule has 0 aliphatic rings. The summed E-state index contributed by atoms with van der Waals surface area (Å²) in [6, 6.07) is 58.1. The average molecular weight is 570 g/mol. The van der Waals surface area contributed by atoms with Crippen LogP contribution in [0.15, 0.2) is 158 Å². The van der Waals surface area contributed by atoms with Gasteiger partial charge in [0.05, 0.1) is 0 Å². The van der Waals surface area contributed by atoms with E-state index in [0.717, 1.165) is 0 Å². The van der Waals surface area contributed by atoms with Crippen LogP contribution in [0.1, 0.15) is 0 Å². The van der Waals surface area contributed by atoms with Crippen molar-refractivity contribution in [3.63, 3.8) is 0 Å². The van der Waals surface area contributed by atoms with Gasteiger partial charge < -0.3 is 4.98 Å². The van der Waals surface area contributed by atoms with Crippen LogP contribution in [0.2, 0.25) is 0 Å². The molecule has 0 saturated carbocycles. The van der Waals surface area contributed by atoms with E-state index < -0.39 is 0 Å². The molecule has 0 aliphatic heterocycles. The number of para-hydroxylation sites is 1. The van der Waals surface area contributed by atoms with Crippen molar-refractivity contribution in [1.29, 1.82) is 0 Å². The third kappa shape index (κ3) is 3.68. The first-order chi connectivity index (χ1) is 22.3. The molecular formula is C44H27N. The molecule has 208 valence electrons. The Balaban J connectivity index is 1.07. The highest BCUT2D eigenvalue weighted by atomic mass is 14.7. The van der Waals surface area contributed by atoms with Gasteiger partial charge in [0, 0.05) is 21.8 Å². The number of fused-ring (bicyclic) bond motifs is 12.